The first-order valence-electron chi connectivity index (χ1n) is 10.8. The van der Waals surface area contributed by atoms with Crippen molar-refractivity contribution in [2.45, 2.75) is 4.90 Å². The minimum absolute atomic E-state index is 0.226. The number of rotatable bonds is 6. The van der Waals surface area contributed by atoms with E-state index in [-0.39, 0.29) is 5.56 Å². The maximum Gasteiger partial charge on any atom is 0.337 e. The van der Waals surface area contributed by atoms with Crippen LogP contribution < -0.4 is 5.32 Å². The van der Waals surface area contributed by atoms with E-state index in [1.54, 1.807) is 30.1 Å². The van der Waals surface area contributed by atoms with Crippen LogP contribution in [0.4, 0.5) is 11.4 Å². The van der Waals surface area contributed by atoms with Gasteiger partial charge in [0, 0.05) is 24.7 Å². The van der Waals surface area contributed by atoms with Crippen molar-refractivity contribution >= 4 is 40.2 Å². The standard InChI is InChI=1S/C26H23N3O3S/c30-26(31)20-8-4-5-9-23(20)28-25-21-16-19(18-6-2-1-3-7-18)10-11-22(21)27-17-24(25)33-29-12-14-32-15-13-29/h1-11,16-17H,12-15H2,(H,27,28)(H,30,31). The summed E-state index contributed by atoms with van der Waals surface area (Å²) < 4.78 is 7.74. The molecule has 2 N–H and O–H groups in total. The van der Waals surface area contributed by atoms with Gasteiger partial charge in [0.2, 0.25) is 0 Å². The van der Waals surface area contributed by atoms with Gasteiger partial charge in [-0.1, -0.05) is 48.5 Å². The summed E-state index contributed by atoms with van der Waals surface area (Å²) in [5.74, 6) is -0.969. The average Bonchev–Trinajstić information content (AvgIpc) is 2.86. The Kier molecular flexibility index (Phi) is 6.26. The second-order valence-corrected chi connectivity index (χ2v) is 8.84. The number of ether oxygens (including phenoxy) is 1. The fourth-order valence-corrected chi connectivity index (χ4v) is 4.83. The summed E-state index contributed by atoms with van der Waals surface area (Å²) in [5.41, 5.74) is 4.66. The third kappa shape index (κ3) is 4.71. The molecule has 0 atom stereocenters. The molecule has 166 valence electrons. The Morgan fingerprint density at radius 2 is 1.73 bits per heavy atom. The van der Waals surface area contributed by atoms with Crippen LogP contribution in [0.1, 0.15) is 10.4 Å². The molecule has 0 saturated carbocycles. The number of hydrogen-bond acceptors (Lipinski definition) is 6. The highest BCUT2D eigenvalue weighted by Crippen LogP contribution is 2.39. The molecule has 1 aliphatic rings. The van der Waals surface area contributed by atoms with Gasteiger partial charge in [0.15, 0.2) is 0 Å². The van der Waals surface area contributed by atoms with Gasteiger partial charge in [-0.3, -0.25) is 4.98 Å². The smallest absolute Gasteiger partial charge is 0.337 e. The number of para-hydroxylation sites is 1. The molecule has 4 aromatic rings. The van der Waals surface area contributed by atoms with Gasteiger partial charge in [-0.15, -0.1) is 0 Å². The van der Waals surface area contributed by atoms with Gasteiger partial charge in [0.1, 0.15) is 0 Å². The fourth-order valence-electron chi connectivity index (χ4n) is 3.87. The Bertz CT molecular complexity index is 1290. The monoisotopic (exact) mass is 457 g/mol. The number of fused-ring (bicyclic) bond motifs is 1. The highest BCUT2D eigenvalue weighted by molar-refractivity contribution is 7.97. The van der Waals surface area contributed by atoms with Gasteiger partial charge < -0.3 is 15.2 Å². The Hall–Kier alpha value is -3.39. The predicted molar refractivity (Wildman–Crippen MR) is 132 cm³/mol. The topological polar surface area (TPSA) is 74.7 Å². The summed E-state index contributed by atoms with van der Waals surface area (Å²) in [6.07, 6.45) is 1.86. The highest BCUT2D eigenvalue weighted by atomic mass is 32.2. The van der Waals surface area contributed by atoms with Crippen LogP contribution in [0.2, 0.25) is 0 Å². The van der Waals surface area contributed by atoms with Crippen LogP contribution in [0, 0.1) is 0 Å². The zero-order chi connectivity index (χ0) is 22.6. The lowest BCUT2D eigenvalue weighted by molar-refractivity contribution is 0.0698. The van der Waals surface area contributed by atoms with Crippen LogP contribution in [0.25, 0.3) is 22.0 Å². The number of nitrogens with one attached hydrogen (secondary N) is 1. The number of benzene rings is 3. The van der Waals surface area contributed by atoms with Crippen molar-refractivity contribution in [2.24, 2.45) is 0 Å². The largest absolute Gasteiger partial charge is 0.478 e. The van der Waals surface area contributed by atoms with Crippen LogP contribution in [-0.4, -0.2) is 46.7 Å². The van der Waals surface area contributed by atoms with Gasteiger partial charge in [-0.25, -0.2) is 9.10 Å². The normalized spacial score (nSPS) is 14.3. The molecule has 1 saturated heterocycles. The van der Waals surface area contributed by atoms with E-state index in [0.717, 1.165) is 45.7 Å². The van der Waals surface area contributed by atoms with Gasteiger partial charge in [0.25, 0.3) is 0 Å². The number of carboxylic acid groups (broad SMARTS) is 1. The van der Waals surface area contributed by atoms with Gasteiger partial charge in [0.05, 0.1) is 40.6 Å². The molecule has 33 heavy (non-hydrogen) atoms. The summed E-state index contributed by atoms with van der Waals surface area (Å²) >= 11 is 1.62. The van der Waals surface area contributed by atoms with Crippen molar-refractivity contribution in [1.29, 1.82) is 0 Å². The minimum Gasteiger partial charge on any atom is -0.478 e. The molecule has 0 unspecified atom stereocenters. The zero-order valence-electron chi connectivity index (χ0n) is 17.9. The lowest BCUT2D eigenvalue weighted by Gasteiger charge is -2.26. The Labute approximate surface area is 196 Å². The lowest BCUT2D eigenvalue weighted by atomic mass is 10.0. The molecule has 0 aliphatic carbocycles. The second kappa shape index (κ2) is 9.62. The van der Waals surface area contributed by atoms with Crippen LogP contribution in [0.3, 0.4) is 0 Å². The van der Waals surface area contributed by atoms with Crippen LogP contribution in [0.15, 0.2) is 83.9 Å². The van der Waals surface area contributed by atoms with Crippen LogP contribution in [0.5, 0.6) is 0 Å². The van der Waals surface area contributed by atoms with Crippen molar-refractivity contribution in [1.82, 2.24) is 9.29 Å². The van der Waals surface area contributed by atoms with Gasteiger partial charge in [-0.05, 0) is 47.3 Å². The van der Waals surface area contributed by atoms with Crippen molar-refractivity contribution in [3.8, 4) is 11.1 Å². The number of aromatic nitrogens is 1. The molecule has 1 aromatic heterocycles. The molecular formula is C26H23N3O3S. The van der Waals surface area contributed by atoms with E-state index in [4.69, 9.17) is 9.72 Å². The SMILES string of the molecule is O=C(O)c1ccccc1Nc1c(SN2CCOCC2)cnc2ccc(-c3ccccc3)cc12. The van der Waals surface area contributed by atoms with E-state index in [0.29, 0.717) is 18.9 Å². The number of nitrogens with zero attached hydrogens (tertiary/aromatic N) is 2. The van der Waals surface area contributed by atoms with E-state index >= 15 is 0 Å². The third-order valence-electron chi connectivity index (χ3n) is 5.55. The Balaban J connectivity index is 1.64. The maximum atomic E-state index is 11.8. The molecule has 0 radical (unpaired) electrons. The number of anilines is 2. The number of pyridine rings is 1. The fraction of sp³-hybridized carbons (Fsp3) is 0.154. The highest BCUT2D eigenvalue weighted by Gasteiger charge is 2.19. The predicted octanol–water partition coefficient (Wildman–Crippen LogP) is 5.68. The molecule has 2 heterocycles. The zero-order valence-corrected chi connectivity index (χ0v) is 18.7. The van der Waals surface area contributed by atoms with Crippen molar-refractivity contribution < 1.29 is 14.6 Å². The van der Waals surface area contributed by atoms with E-state index in [9.17, 15) is 9.90 Å². The molecule has 0 bridgehead atoms. The van der Waals surface area contributed by atoms with Crippen LogP contribution in [-0.2, 0) is 4.74 Å². The molecule has 3 aromatic carbocycles. The number of aromatic carboxylic acids is 1. The van der Waals surface area contributed by atoms with Crippen molar-refractivity contribution in [3.05, 3.63) is 84.6 Å². The summed E-state index contributed by atoms with van der Waals surface area (Å²) in [7, 11) is 0. The average molecular weight is 458 g/mol. The van der Waals surface area contributed by atoms with Gasteiger partial charge >= 0.3 is 5.97 Å². The first-order valence-corrected chi connectivity index (χ1v) is 11.5. The Morgan fingerprint density at radius 1 is 0.970 bits per heavy atom. The first-order chi connectivity index (χ1) is 16.2. The molecule has 5 rings (SSSR count). The van der Waals surface area contributed by atoms with E-state index in [1.807, 2.05) is 36.5 Å². The molecule has 0 amide bonds. The molecule has 1 aliphatic heterocycles. The molecule has 6 nitrogen and oxygen atoms in total. The number of carboxylic acids is 1. The summed E-state index contributed by atoms with van der Waals surface area (Å²) in [6.45, 7) is 3.02. The molecule has 0 spiro atoms. The Morgan fingerprint density at radius 3 is 2.52 bits per heavy atom. The van der Waals surface area contributed by atoms with Crippen molar-refractivity contribution in [3.63, 3.8) is 0 Å². The van der Waals surface area contributed by atoms with E-state index in [1.165, 1.54) is 0 Å². The third-order valence-corrected chi connectivity index (χ3v) is 6.68. The first kappa shape index (κ1) is 21.5. The molecule has 1 fully saturated rings. The number of hydrogen-bond donors (Lipinski definition) is 2. The lowest BCUT2D eigenvalue weighted by Crippen LogP contribution is -2.31. The molecule has 7 heteroatoms. The summed E-state index contributed by atoms with van der Waals surface area (Å²) in [4.78, 5) is 17.5. The second-order valence-electron chi connectivity index (χ2n) is 7.70. The molecular weight excluding hydrogens is 434 g/mol. The summed E-state index contributed by atoms with van der Waals surface area (Å²) in [5, 5.41) is 14.1. The quantitative estimate of drug-likeness (QED) is 0.361. The van der Waals surface area contributed by atoms with Crippen molar-refractivity contribution in [2.75, 3.05) is 31.6 Å². The van der Waals surface area contributed by atoms with Crippen LogP contribution >= 0.6 is 11.9 Å². The summed E-state index contributed by atoms with van der Waals surface area (Å²) in [6, 6.07) is 23.4. The van der Waals surface area contributed by atoms with E-state index in [2.05, 4.69) is 33.9 Å². The van der Waals surface area contributed by atoms with Gasteiger partial charge in [-0.2, -0.15) is 0 Å². The maximum absolute atomic E-state index is 11.8. The van der Waals surface area contributed by atoms with E-state index < -0.39 is 5.97 Å². The number of morpholine rings is 1. The number of carbonyl (C=O) groups is 1. The minimum atomic E-state index is -0.969.